The number of rotatable bonds is 7. The van der Waals surface area contributed by atoms with Crippen molar-refractivity contribution in [2.75, 3.05) is 16.6 Å². The number of anilines is 2. The Kier molecular flexibility index (Phi) is 5.81. The number of hydrogen-bond donors (Lipinski definition) is 1. The lowest BCUT2D eigenvalue weighted by Gasteiger charge is -2.25. The summed E-state index contributed by atoms with van der Waals surface area (Å²) >= 11 is 0. The number of aryl methyl sites for hydroxylation is 2. The van der Waals surface area contributed by atoms with E-state index < -0.39 is 10.0 Å². The Balaban J connectivity index is 1.87. The van der Waals surface area contributed by atoms with Crippen molar-refractivity contribution in [1.29, 1.82) is 0 Å². The van der Waals surface area contributed by atoms with Crippen LogP contribution in [0.15, 0.2) is 83.8 Å². The number of sulfonamides is 1. The summed E-state index contributed by atoms with van der Waals surface area (Å²) in [5.74, 6) is 0. The molecule has 0 aliphatic heterocycles. The molecule has 140 valence electrons. The molecule has 0 fully saturated rings. The topological polar surface area (TPSA) is 63.4 Å². The Morgan fingerprint density at radius 3 is 2.11 bits per heavy atom. The highest BCUT2D eigenvalue weighted by atomic mass is 32.2. The zero-order valence-corrected chi connectivity index (χ0v) is 16.2. The van der Waals surface area contributed by atoms with Crippen LogP contribution in [0.2, 0.25) is 0 Å². The molecule has 4 nitrogen and oxygen atoms in total. The Morgan fingerprint density at radius 2 is 1.48 bits per heavy atom. The zero-order valence-electron chi connectivity index (χ0n) is 15.4. The van der Waals surface area contributed by atoms with Crippen LogP contribution in [0.25, 0.3) is 0 Å². The van der Waals surface area contributed by atoms with Gasteiger partial charge in [0, 0.05) is 12.2 Å². The molecule has 3 aromatic rings. The first-order valence-corrected chi connectivity index (χ1v) is 10.4. The minimum Gasteiger partial charge on any atom is -0.399 e. The van der Waals surface area contributed by atoms with Crippen LogP contribution < -0.4 is 10.0 Å². The molecule has 2 N–H and O–H groups in total. The number of benzene rings is 3. The highest BCUT2D eigenvalue weighted by Crippen LogP contribution is 2.25. The smallest absolute Gasteiger partial charge is 0.264 e. The van der Waals surface area contributed by atoms with E-state index in [4.69, 9.17) is 5.73 Å². The summed E-state index contributed by atoms with van der Waals surface area (Å²) in [7, 11) is -3.66. The molecule has 0 bridgehead atoms. The van der Waals surface area contributed by atoms with E-state index >= 15 is 0 Å². The first kappa shape index (κ1) is 19.0. The molecule has 0 heterocycles. The van der Waals surface area contributed by atoms with E-state index in [-0.39, 0.29) is 4.90 Å². The normalized spacial score (nSPS) is 11.3. The molecular weight excluding hydrogens is 356 g/mol. The SMILES string of the molecule is Cc1ccc(N(CCCc2ccccc2)S(=O)(=O)c2ccc(N)cc2)cc1. The summed E-state index contributed by atoms with van der Waals surface area (Å²) in [6.07, 6.45) is 1.55. The quantitative estimate of drug-likeness (QED) is 0.618. The van der Waals surface area contributed by atoms with Gasteiger partial charge in [-0.05, 0) is 61.7 Å². The highest BCUT2D eigenvalue weighted by Gasteiger charge is 2.24. The van der Waals surface area contributed by atoms with Gasteiger partial charge in [0.1, 0.15) is 0 Å². The number of hydrogen-bond acceptors (Lipinski definition) is 3. The van der Waals surface area contributed by atoms with Gasteiger partial charge in [-0.15, -0.1) is 0 Å². The van der Waals surface area contributed by atoms with Crippen molar-refractivity contribution in [3.8, 4) is 0 Å². The summed E-state index contributed by atoms with van der Waals surface area (Å²) in [4.78, 5) is 0.247. The molecule has 3 aromatic carbocycles. The van der Waals surface area contributed by atoms with Crippen molar-refractivity contribution >= 4 is 21.4 Å². The van der Waals surface area contributed by atoms with Gasteiger partial charge in [0.2, 0.25) is 0 Å². The van der Waals surface area contributed by atoms with E-state index in [2.05, 4.69) is 12.1 Å². The van der Waals surface area contributed by atoms with Crippen LogP contribution in [0, 0.1) is 6.92 Å². The Labute approximate surface area is 161 Å². The number of nitrogen functional groups attached to an aromatic ring is 1. The average Bonchev–Trinajstić information content (AvgIpc) is 2.67. The van der Waals surface area contributed by atoms with Gasteiger partial charge in [0.15, 0.2) is 0 Å². The Hall–Kier alpha value is -2.79. The van der Waals surface area contributed by atoms with Crippen molar-refractivity contribution in [2.45, 2.75) is 24.7 Å². The summed E-state index contributed by atoms with van der Waals surface area (Å²) < 4.78 is 28.0. The van der Waals surface area contributed by atoms with Crippen LogP contribution in [0.5, 0.6) is 0 Å². The third-order valence-electron chi connectivity index (χ3n) is 4.46. The minimum absolute atomic E-state index is 0.247. The van der Waals surface area contributed by atoms with Crippen LogP contribution in [0.3, 0.4) is 0 Å². The van der Waals surface area contributed by atoms with Crippen LogP contribution in [-0.2, 0) is 16.4 Å². The summed E-state index contributed by atoms with van der Waals surface area (Å²) in [6.45, 7) is 2.39. The maximum atomic E-state index is 13.3. The molecule has 0 aromatic heterocycles. The molecule has 3 rings (SSSR count). The van der Waals surface area contributed by atoms with E-state index in [0.717, 1.165) is 18.4 Å². The standard InChI is InChI=1S/C22H24N2O2S/c1-18-9-13-21(14-10-18)24(17-5-8-19-6-3-2-4-7-19)27(25,26)22-15-11-20(23)12-16-22/h2-4,6-7,9-16H,5,8,17,23H2,1H3. The van der Waals surface area contributed by atoms with Gasteiger partial charge >= 0.3 is 0 Å². The molecule has 0 saturated heterocycles. The maximum Gasteiger partial charge on any atom is 0.264 e. The molecular formula is C22H24N2O2S. The first-order chi connectivity index (χ1) is 13.0. The fourth-order valence-electron chi connectivity index (χ4n) is 2.94. The van der Waals surface area contributed by atoms with Crippen molar-refractivity contribution < 1.29 is 8.42 Å². The molecule has 0 unspecified atom stereocenters. The predicted molar refractivity (Wildman–Crippen MR) is 111 cm³/mol. The average molecular weight is 381 g/mol. The van der Waals surface area contributed by atoms with Crippen molar-refractivity contribution in [2.24, 2.45) is 0 Å². The molecule has 0 spiro atoms. The van der Waals surface area contributed by atoms with Gasteiger partial charge in [-0.25, -0.2) is 8.42 Å². The van der Waals surface area contributed by atoms with E-state index in [1.165, 1.54) is 9.87 Å². The fraction of sp³-hybridized carbons (Fsp3) is 0.182. The van der Waals surface area contributed by atoms with E-state index in [0.29, 0.717) is 17.9 Å². The van der Waals surface area contributed by atoms with Gasteiger partial charge in [-0.3, -0.25) is 4.31 Å². The Morgan fingerprint density at radius 1 is 0.852 bits per heavy atom. The first-order valence-electron chi connectivity index (χ1n) is 8.96. The second-order valence-electron chi connectivity index (χ2n) is 6.57. The fourth-order valence-corrected chi connectivity index (χ4v) is 4.44. The monoisotopic (exact) mass is 380 g/mol. The van der Waals surface area contributed by atoms with Crippen molar-refractivity contribution in [1.82, 2.24) is 0 Å². The lowest BCUT2D eigenvalue weighted by molar-refractivity contribution is 0.589. The molecule has 0 amide bonds. The number of nitrogens with zero attached hydrogens (tertiary/aromatic N) is 1. The lowest BCUT2D eigenvalue weighted by Crippen LogP contribution is -2.32. The van der Waals surface area contributed by atoms with Crippen molar-refractivity contribution in [3.63, 3.8) is 0 Å². The third kappa shape index (κ3) is 4.68. The lowest BCUT2D eigenvalue weighted by atomic mass is 10.1. The third-order valence-corrected chi connectivity index (χ3v) is 6.30. The molecule has 27 heavy (non-hydrogen) atoms. The molecule has 0 aliphatic rings. The van der Waals surface area contributed by atoms with Crippen molar-refractivity contribution in [3.05, 3.63) is 90.0 Å². The van der Waals surface area contributed by atoms with Gasteiger partial charge in [0.05, 0.1) is 10.6 Å². The highest BCUT2D eigenvalue weighted by molar-refractivity contribution is 7.92. The van der Waals surface area contributed by atoms with Crippen LogP contribution in [0.1, 0.15) is 17.5 Å². The second-order valence-corrected chi connectivity index (χ2v) is 8.43. The Bertz CT molecular complexity index is 967. The second kappa shape index (κ2) is 8.27. The van der Waals surface area contributed by atoms with E-state index in [9.17, 15) is 8.42 Å². The van der Waals surface area contributed by atoms with Gasteiger partial charge < -0.3 is 5.73 Å². The van der Waals surface area contributed by atoms with Gasteiger partial charge in [-0.2, -0.15) is 0 Å². The summed E-state index contributed by atoms with van der Waals surface area (Å²) in [5.41, 5.74) is 9.21. The molecule has 5 heteroatoms. The van der Waals surface area contributed by atoms with Crippen LogP contribution in [0.4, 0.5) is 11.4 Å². The minimum atomic E-state index is -3.66. The van der Waals surface area contributed by atoms with Crippen LogP contribution in [-0.4, -0.2) is 15.0 Å². The summed E-state index contributed by atoms with van der Waals surface area (Å²) in [5, 5.41) is 0. The number of nitrogens with two attached hydrogens (primary N) is 1. The largest absolute Gasteiger partial charge is 0.399 e. The maximum absolute atomic E-state index is 13.3. The van der Waals surface area contributed by atoms with E-state index in [1.807, 2.05) is 49.4 Å². The molecule has 0 aliphatic carbocycles. The van der Waals surface area contributed by atoms with E-state index in [1.54, 1.807) is 24.3 Å². The molecule has 0 radical (unpaired) electrons. The molecule has 0 saturated carbocycles. The zero-order chi connectivity index (χ0) is 19.3. The summed E-state index contributed by atoms with van der Waals surface area (Å²) in [6, 6.07) is 24.0. The van der Waals surface area contributed by atoms with Crippen LogP contribution >= 0.6 is 0 Å². The predicted octanol–water partition coefficient (Wildman–Crippen LogP) is 4.41. The van der Waals surface area contributed by atoms with Gasteiger partial charge in [0.25, 0.3) is 10.0 Å². The molecule has 0 atom stereocenters. The van der Waals surface area contributed by atoms with Gasteiger partial charge in [-0.1, -0.05) is 48.0 Å².